The first kappa shape index (κ1) is 20.3. The number of hydrogen-bond acceptors (Lipinski definition) is 5. The van der Waals surface area contributed by atoms with E-state index in [1.807, 2.05) is 0 Å². The molecule has 0 aromatic heterocycles. The Kier molecular flexibility index (Phi) is 5.96. The Morgan fingerprint density at radius 2 is 1.97 bits per heavy atom. The van der Waals surface area contributed by atoms with Crippen molar-refractivity contribution in [1.82, 2.24) is 4.90 Å². The number of anilines is 2. The summed E-state index contributed by atoms with van der Waals surface area (Å²) in [6.45, 7) is 6.03. The second-order valence-corrected chi connectivity index (χ2v) is 7.35. The van der Waals surface area contributed by atoms with Crippen LogP contribution in [0.5, 0.6) is 5.75 Å². The quantitative estimate of drug-likeness (QED) is 0.816. The van der Waals surface area contributed by atoms with Gasteiger partial charge in [-0.15, -0.1) is 0 Å². The molecule has 1 fully saturated rings. The molecule has 4 rings (SSSR count). The minimum absolute atomic E-state index is 0.121. The SMILES string of the molecule is CC1Oc2ccc(NC(=O)c3cccc(F)c3)cc2N(CCN2CCOCC2)C1=O. The molecule has 1 N–H and O–H groups in total. The lowest BCUT2D eigenvalue weighted by molar-refractivity contribution is -0.125. The van der Waals surface area contributed by atoms with Crippen LogP contribution >= 0.6 is 0 Å². The predicted octanol–water partition coefficient (Wildman–Crippen LogP) is 2.52. The van der Waals surface area contributed by atoms with E-state index in [9.17, 15) is 14.0 Å². The summed E-state index contributed by atoms with van der Waals surface area (Å²) in [6, 6.07) is 10.6. The zero-order valence-corrected chi connectivity index (χ0v) is 16.8. The van der Waals surface area contributed by atoms with Crippen molar-refractivity contribution in [3.05, 3.63) is 53.8 Å². The van der Waals surface area contributed by atoms with Crippen molar-refractivity contribution < 1.29 is 23.5 Å². The molecule has 2 amide bonds. The molecule has 158 valence electrons. The zero-order valence-electron chi connectivity index (χ0n) is 16.8. The Labute approximate surface area is 174 Å². The summed E-state index contributed by atoms with van der Waals surface area (Å²) in [4.78, 5) is 29.2. The number of rotatable bonds is 5. The topological polar surface area (TPSA) is 71.1 Å². The van der Waals surface area contributed by atoms with Crippen molar-refractivity contribution in [2.24, 2.45) is 0 Å². The maximum Gasteiger partial charge on any atom is 0.267 e. The Hall–Kier alpha value is -2.97. The number of amides is 2. The van der Waals surface area contributed by atoms with Gasteiger partial charge in [0.05, 0.1) is 18.9 Å². The summed E-state index contributed by atoms with van der Waals surface area (Å²) in [5.41, 5.74) is 1.34. The summed E-state index contributed by atoms with van der Waals surface area (Å²) >= 11 is 0. The number of nitrogens with one attached hydrogen (secondary N) is 1. The molecule has 30 heavy (non-hydrogen) atoms. The third-order valence-electron chi connectivity index (χ3n) is 5.26. The normalized spacial score (nSPS) is 19.2. The van der Waals surface area contributed by atoms with Gasteiger partial charge in [-0.25, -0.2) is 4.39 Å². The molecule has 0 saturated carbocycles. The number of carbonyl (C=O) groups excluding carboxylic acids is 2. The van der Waals surface area contributed by atoms with E-state index in [-0.39, 0.29) is 11.5 Å². The molecule has 1 atom stereocenters. The number of nitrogens with zero attached hydrogens (tertiary/aromatic N) is 2. The summed E-state index contributed by atoms with van der Waals surface area (Å²) in [5, 5.41) is 2.76. The van der Waals surface area contributed by atoms with Crippen LogP contribution in [0.25, 0.3) is 0 Å². The average Bonchev–Trinajstić information content (AvgIpc) is 2.75. The van der Waals surface area contributed by atoms with Crippen LogP contribution in [0.1, 0.15) is 17.3 Å². The molecule has 2 heterocycles. The van der Waals surface area contributed by atoms with Crippen molar-refractivity contribution in [3.8, 4) is 5.75 Å². The summed E-state index contributed by atoms with van der Waals surface area (Å²) in [6.07, 6.45) is -0.574. The van der Waals surface area contributed by atoms with Gasteiger partial charge in [-0.2, -0.15) is 0 Å². The van der Waals surface area contributed by atoms with Crippen molar-refractivity contribution in [2.75, 3.05) is 49.6 Å². The van der Waals surface area contributed by atoms with Crippen molar-refractivity contribution in [3.63, 3.8) is 0 Å². The van der Waals surface area contributed by atoms with E-state index in [4.69, 9.17) is 9.47 Å². The molecule has 0 spiro atoms. The Balaban J connectivity index is 1.53. The highest BCUT2D eigenvalue weighted by atomic mass is 19.1. The average molecular weight is 413 g/mol. The molecule has 2 aliphatic heterocycles. The maximum absolute atomic E-state index is 13.4. The lowest BCUT2D eigenvalue weighted by atomic mass is 10.1. The maximum atomic E-state index is 13.4. The number of ether oxygens (including phenoxy) is 2. The van der Waals surface area contributed by atoms with E-state index < -0.39 is 17.8 Å². The van der Waals surface area contributed by atoms with Gasteiger partial charge in [0.25, 0.3) is 11.8 Å². The highest BCUT2D eigenvalue weighted by molar-refractivity contribution is 6.05. The molecule has 0 aliphatic carbocycles. The molecular weight excluding hydrogens is 389 g/mol. The zero-order chi connectivity index (χ0) is 21.1. The largest absolute Gasteiger partial charge is 0.479 e. The fourth-order valence-corrected chi connectivity index (χ4v) is 3.61. The first-order valence-electron chi connectivity index (χ1n) is 10.0. The van der Waals surface area contributed by atoms with Crippen LogP contribution in [-0.4, -0.2) is 62.2 Å². The van der Waals surface area contributed by atoms with Crippen molar-refractivity contribution >= 4 is 23.2 Å². The van der Waals surface area contributed by atoms with Crippen molar-refractivity contribution in [2.45, 2.75) is 13.0 Å². The van der Waals surface area contributed by atoms with Crippen molar-refractivity contribution in [1.29, 1.82) is 0 Å². The fraction of sp³-hybridized carbons (Fsp3) is 0.364. The van der Waals surface area contributed by atoms with E-state index in [0.29, 0.717) is 36.9 Å². The lowest BCUT2D eigenvalue weighted by Crippen LogP contribution is -2.48. The first-order valence-corrected chi connectivity index (χ1v) is 10.0. The van der Waals surface area contributed by atoms with Crippen LogP contribution in [0.3, 0.4) is 0 Å². The van der Waals surface area contributed by atoms with Crippen LogP contribution in [0.2, 0.25) is 0 Å². The monoisotopic (exact) mass is 413 g/mol. The highest BCUT2D eigenvalue weighted by Crippen LogP contribution is 2.36. The predicted molar refractivity (Wildman–Crippen MR) is 110 cm³/mol. The van der Waals surface area contributed by atoms with Gasteiger partial charge in [-0.05, 0) is 43.3 Å². The highest BCUT2D eigenvalue weighted by Gasteiger charge is 2.32. The number of fused-ring (bicyclic) bond motifs is 1. The molecule has 2 aromatic rings. The lowest BCUT2D eigenvalue weighted by Gasteiger charge is -2.35. The van der Waals surface area contributed by atoms with Gasteiger partial charge in [-0.1, -0.05) is 6.07 Å². The standard InChI is InChI=1S/C22H24FN3O4/c1-15-22(28)26(8-7-25-9-11-29-12-10-25)19-14-18(5-6-20(19)30-15)24-21(27)16-3-2-4-17(23)13-16/h2-6,13-15H,7-12H2,1H3,(H,24,27). The molecule has 1 unspecified atom stereocenters. The minimum atomic E-state index is -0.574. The third-order valence-corrected chi connectivity index (χ3v) is 5.26. The van der Waals surface area contributed by atoms with Gasteiger partial charge < -0.3 is 19.7 Å². The smallest absolute Gasteiger partial charge is 0.267 e. The van der Waals surface area contributed by atoms with Gasteiger partial charge in [0.2, 0.25) is 0 Å². The Morgan fingerprint density at radius 3 is 2.73 bits per heavy atom. The third kappa shape index (κ3) is 4.44. The van der Waals surface area contributed by atoms with Crippen LogP contribution in [0.4, 0.5) is 15.8 Å². The second-order valence-electron chi connectivity index (χ2n) is 7.35. The fourth-order valence-electron chi connectivity index (χ4n) is 3.61. The van der Waals surface area contributed by atoms with Gasteiger partial charge in [0.15, 0.2) is 6.10 Å². The Morgan fingerprint density at radius 1 is 1.17 bits per heavy atom. The molecular formula is C22H24FN3O4. The van der Waals surface area contributed by atoms with Crippen LogP contribution in [0.15, 0.2) is 42.5 Å². The number of hydrogen-bond donors (Lipinski definition) is 1. The molecule has 0 bridgehead atoms. The first-order chi connectivity index (χ1) is 14.5. The van der Waals surface area contributed by atoms with E-state index in [1.54, 1.807) is 36.1 Å². The molecule has 1 saturated heterocycles. The molecule has 7 nitrogen and oxygen atoms in total. The van der Waals surface area contributed by atoms with Gasteiger partial charge in [0, 0.05) is 37.4 Å². The van der Waals surface area contributed by atoms with Crippen LogP contribution < -0.4 is 15.0 Å². The number of halogens is 1. The van der Waals surface area contributed by atoms with Gasteiger partial charge >= 0.3 is 0 Å². The molecule has 0 radical (unpaired) electrons. The number of benzene rings is 2. The van der Waals surface area contributed by atoms with Crippen LogP contribution in [-0.2, 0) is 9.53 Å². The number of carbonyl (C=O) groups is 2. The summed E-state index contributed by atoms with van der Waals surface area (Å²) < 4.78 is 24.5. The van der Waals surface area contributed by atoms with E-state index in [0.717, 1.165) is 19.6 Å². The Bertz CT molecular complexity index is 946. The molecule has 8 heteroatoms. The van der Waals surface area contributed by atoms with E-state index in [2.05, 4.69) is 10.2 Å². The second kappa shape index (κ2) is 8.81. The van der Waals surface area contributed by atoms with E-state index in [1.165, 1.54) is 18.2 Å². The van der Waals surface area contributed by atoms with Gasteiger partial charge in [-0.3, -0.25) is 14.5 Å². The summed E-state index contributed by atoms with van der Waals surface area (Å²) in [5.74, 6) is -0.432. The molecule has 2 aromatic carbocycles. The van der Waals surface area contributed by atoms with E-state index >= 15 is 0 Å². The van der Waals surface area contributed by atoms with Crippen LogP contribution in [0, 0.1) is 5.82 Å². The summed E-state index contributed by atoms with van der Waals surface area (Å²) in [7, 11) is 0. The number of morpholine rings is 1. The molecule has 2 aliphatic rings. The minimum Gasteiger partial charge on any atom is -0.479 e. The van der Waals surface area contributed by atoms with Gasteiger partial charge in [0.1, 0.15) is 11.6 Å².